The van der Waals surface area contributed by atoms with Crippen LogP contribution < -0.4 is 5.32 Å². The van der Waals surface area contributed by atoms with Gasteiger partial charge >= 0.3 is 0 Å². The number of rotatable bonds is 4. The lowest BCUT2D eigenvalue weighted by Gasteiger charge is -2.21. The molecule has 2 N–H and O–H groups in total. The third-order valence-electron chi connectivity index (χ3n) is 2.60. The minimum atomic E-state index is -0.849. The monoisotopic (exact) mass is 288 g/mol. The van der Waals surface area contributed by atoms with E-state index in [9.17, 15) is 9.90 Å². The molecule has 5 heteroatoms. The summed E-state index contributed by atoms with van der Waals surface area (Å²) in [6.07, 6.45) is 2.41. The van der Waals surface area contributed by atoms with Gasteiger partial charge in [0.25, 0.3) is 5.91 Å². The normalized spacial score (nSPS) is 14.6. The highest BCUT2D eigenvalue weighted by Crippen LogP contribution is 2.14. The van der Waals surface area contributed by atoms with Gasteiger partial charge < -0.3 is 15.0 Å². The highest BCUT2D eigenvalue weighted by atomic mass is 79.9. The first-order valence-corrected chi connectivity index (χ1v) is 5.97. The van der Waals surface area contributed by atoms with Crippen LogP contribution in [0.3, 0.4) is 0 Å². The maximum Gasteiger partial charge on any atom is 0.268 e. The molecule has 0 aliphatic rings. The lowest BCUT2D eigenvalue weighted by Crippen LogP contribution is -2.40. The van der Waals surface area contributed by atoms with Gasteiger partial charge in [0, 0.05) is 24.3 Å². The van der Waals surface area contributed by atoms with Gasteiger partial charge in [-0.25, -0.2) is 0 Å². The minimum absolute atomic E-state index is 0.179. The molecule has 1 rings (SSSR count). The molecule has 0 aliphatic carbocycles. The Bertz CT molecular complexity index is 385. The number of aliphatic hydroxyl groups is 1. The zero-order valence-corrected chi connectivity index (χ0v) is 11.3. The second-order valence-corrected chi connectivity index (χ2v) is 5.10. The van der Waals surface area contributed by atoms with Crippen molar-refractivity contribution in [1.82, 2.24) is 9.88 Å². The molecule has 1 aromatic heterocycles. The third-order valence-corrected chi connectivity index (χ3v) is 3.03. The standard InChI is InChI=1S/C11H17BrN2O2/c1-4-11(2,16)7-13-10(15)9-5-8(12)6-14(9)3/h5-6,16H,4,7H2,1-3H3,(H,13,15). The predicted molar refractivity (Wildman–Crippen MR) is 66.4 cm³/mol. The van der Waals surface area contributed by atoms with Crippen LogP contribution in [-0.2, 0) is 7.05 Å². The number of hydrogen-bond donors (Lipinski definition) is 2. The van der Waals surface area contributed by atoms with Crippen LogP contribution in [0, 0.1) is 0 Å². The van der Waals surface area contributed by atoms with Crippen molar-refractivity contribution in [3.8, 4) is 0 Å². The molecule has 90 valence electrons. The first-order chi connectivity index (χ1) is 7.35. The molecule has 1 unspecified atom stereocenters. The van der Waals surface area contributed by atoms with E-state index in [4.69, 9.17) is 0 Å². The maximum absolute atomic E-state index is 11.8. The zero-order valence-electron chi connectivity index (χ0n) is 9.75. The summed E-state index contributed by atoms with van der Waals surface area (Å²) in [5.41, 5.74) is -0.281. The molecule has 0 radical (unpaired) electrons. The van der Waals surface area contributed by atoms with Crippen LogP contribution in [0.5, 0.6) is 0 Å². The van der Waals surface area contributed by atoms with E-state index in [1.54, 1.807) is 24.6 Å². The number of carbonyl (C=O) groups is 1. The van der Waals surface area contributed by atoms with Crippen LogP contribution in [0.2, 0.25) is 0 Å². The molecule has 16 heavy (non-hydrogen) atoms. The fourth-order valence-electron chi connectivity index (χ4n) is 1.24. The summed E-state index contributed by atoms with van der Waals surface area (Å²) in [6, 6.07) is 1.75. The molecule has 1 aromatic rings. The van der Waals surface area contributed by atoms with Gasteiger partial charge in [0.05, 0.1) is 5.60 Å². The zero-order chi connectivity index (χ0) is 12.3. The van der Waals surface area contributed by atoms with Gasteiger partial charge in [-0.2, -0.15) is 0 Å². The van der Waals surface area contributed by atoms with E-state index in [2.05, 4.69) is 21.2 Å². The van der Waals surface area contributed by atoms with E-state index in [1.807, 2.05) is 13.1 Å². The SMILES string of the molecule is CCC(C)(O)CNC(=O)c1cc(Br)cn1C. The molecule has 1 atom stereocenters. The minimum Gasteiger partial charge on any atom is -0.388 e. The summed E-state index contributed by atoms with van der Waals surface area (Å²) < 4.78 is 2.60. The van der Waals surface area contributed by atoms with Crippen LogP contribution in [-0.4, -0.2) is 27.7 Å². The van der Waals surface area contributed by atoms with Crippen LogP contribution in [0.1, 0.15) is 30.8 Å². The van der Waals surface area contributed by atoms with Gasteiger partial charge in [0.1, 0.15) is 5.69 Å². The van der Waals surface area contributed by atoms with Crippen LogP contribution >= 0.6 is 15.9 Å². The van der Waals surface area contributed by atoms with Crippen molar-refractivity contribution < 1.29 is 9.90 Å². The fourth-order valence-corrected chi connectivity index (χ4v) is 1.76. The Labute approximate surface area is 104 Å². The maximum atomic E-state index is 11.8. The molecule has 1 heterocycles. The number of carbonyl (C=O) groups excluding carboxylic acids is 1. The van der Waals surface area contributed by atoms with E-state index in [0.717, 1.165) is 4.47 Å². The Morgan fingerprint density at radius 3 is 2.75 bits per heavy atom. The first-order valence-electron chi connectivity index (χ1n) is 5.18. The summed E-state index contributed by atoms with van der Waals surface area (Å²) in [5, 5.41) is 12.5. The van der Waals surface area contributed by atoms with Crippen molar-refractivity contribution in [2.45, 2.75) is 25.9 Å². The average Bonchev–Trinajstić information content (AvgIpc) is 2.54. The molecular formula is C11H17BrN2O2. The van der Waals surface area contributed by atoms with Gasteiger partial charge in [-0.15, -0.1) is 0 Å². The smallest absolute Gasteiger partial charge is 0.268 e. The van der Waals surface area contributed by atoms with Crippen LogP contribution in [0.25, 0.3) is 0 Å². The van der Waals surface area contributed by atoms with Crippen LogP contribution in [0.4, 0.5) is 0 Å². The van der Waals surface area contributed by atoms with Crippen molar-refractivity contribution in [2.24, 2.45) is 7.05 Å². The quantitative estimate of drug-likeness (QED) is 0.886. The van der Waals surface area contributed by atoms with Gasteiger partial charge in [-0.05, 0) is 35.3 Å². The van der Waals surface area contributed by atoms with Crippen LogP contribution in [0.15, 0.2) is 16.7 Å². The molecule has 0 aromatic carbocycles. The summed E-state index contributed by atoms with van der Waals surface area (Å²) >= 11 is 3.31. The molecular weight excluding hydrogens is 272 g/mol. The Morgan fingerprint density at radius 1 is 1.69 bits per heavy atom. The van der Waals surface area contributed by atoms with Crippen molar-refractivity contribution in [3.63, 3.8) is 0 Å². The van der Waals surface area contributed by atoms with Gasteiger partial charge in [-0.3, -0.25) is 4.79 Å². The summed E-state index contributed by atoms with van der Waals surface area (Å²) in [4.78, 5) is 11.8. The second-order valence-electron chi connectivity index (χ2n) is 4.19. The van der Waals surface area contributed by atoms with Gasteiger partial charge in [0.15, 0.2) is 0 Å². The fraction of sp³-hybridized carbons (Fsp3) is 0.545. The molecule has 0 saturated heterocycles. The van der Waals surface area contributed by atoms with Gasteiger partial charge in [-0.1, -0.05) is 6.92 Å². The molecule has 1 amide bonds. The van der Waals surface area contributed by atoms with Crippen molar-refractivity contribution >= 4 is 21.8 Å². The Hall–Kier alpha value is -0.810. The van der Waals surface area contributed by atoms with E-state index in [1.165, 1.54) is 0 Å². The number of aryl methyl sites for hydroxylation is 1. The number of halogens is 1. The summed E-state index contributed by atoms with van der Waals surface area (Å²) in [7, 11) is 1.80. The lowest BCUT2D eigenvalue weighted by atomic mass is 10.0. The van der Waals surface area contributed by atoms with E-state index in [-0.39, 0.29) is 12.5 Å². The topological polar surface area (TPSA) is 54.3 Å². The summed E-state index contributed by atoms with van der Waals surface area (Å²) in [6.45, 7) is 3.84. The van der Waals surface area contributed by atoms with Crippen molar-refractivity contribution in [1.29, 1.82) is 0 Å². The Balaban J connectivity index is 2.63. The van der Waals surface area contributed by atoms with Crippen molar-refractivity contribution in [3.05, 3.63) is 22.4 Å². The highest BCUT2D eigenvalue weighted by molar-refractivity contribution is 9.10. The largest absolute Gasteiger partial charge is 0.388 e. The number of nitrogens with one attached hydrogen (secondary N) is 1. The Morgan fingerprint density at radius 2 is 2.31 bits per heavy atom. The lowest BCUT2D eigenvalue weighted by molar-refractivity contribution is 0.0516. The van der Waals surface area contributed by atoms with E-state index >= 15 is 0 Å². The molecule has 0 bridgehead atoms. The number of aromatic nitrogens is 1. The first kappa shape index (κ1) is 13.3. The molecule has 4 nitrogen and oxygen atoms in total. The molecule has 0 fully saturated rings. The average molecular weight is 289 g/mol. The highest BCUT2D eigenvalue weighted by Gasteiger charge is 2.19. The van der Waals surface area contributed by atoms with E-state index in [0.29, 0.717) is 12.1 Å². The third kappa shape index (κ3) is 3.35. The molecule has 0 saturated carbocycles. The summed E-state index contributed by atoms with van der Waals surface area (Å²) in [5.74, 6) is -0.179. The van der Waals surface area contributed by atoms with E-state index < -0.39 is 5.60 Å². The second kappa shape index (κ2) is 5.01. The number of amides is 1. The molecule has 0 aliphatic heterocycles. The number of hydrogen-bond acceptors (Lipinski definition) is 2. The Kier molecular flexibility index (Phi) is 4.15. The van der Waals surface area contributed by atoms with Gasteiger partial charge in [0.2, 0.25) is 0 Å². The van der Waals surface area contributed by atoms with Crippen molar-refractivity contribution in [2.75, 3.05) is 6.54 Å². The number of nitrogens with zero attached hydrogens (tertiary/aromatic N) is 1. The molecule has 0 spiro atoms. The predicted octanol–water partition coefficient (Wildman–Crippen LogP) is 1.68.